The zero-order valence-electron chi connectivity index (χ0n) is 6.05. The Hall–Kier alpha value is 2.30. The fourth-order valence-electron chi connectivity index (χ4n) is 0.212. The summed E-state index contributed by atoms with van der Waals surface area (Å²) in [5.74, 6) is -1.82. The molecular weight excluding hydrogens is 216 g/mol. The standard InChI is InChI=1S/CH6O6P2.2Na/c2-8(3,4)1-9(5,6)7;;/h1H2,(H2,2,3,4)(H2,5,6,7);;/q;2*+1/p-4. The molecule has 0 heterocycles. The van der Waals surface area contributed by atoms with Crippen molar-refractivity contribution >= 4 is 15.2 Å². The van der Waals surface area contributed by atoms with Gasteiger partial charge in [-0.1, -0.05) is 15.2 Å². The summed E-state index contributed by atoms with van der Waals surface area (Å²) >= 11 is 0. The normalized spacial score (nSPS) is 11.3. The van der Waals surface area contributed by atoms with Gasteiger partial charge in [-0.25, -0.2) is 0 Å². The van der Waals surface area contributed by atoms with Crippen LogP contribution in [0.15, 0.2) is 0 Å². The summed E-state index contributed by atoms with van der Waals surface area (Å²) < 4.78 is 19.1. The topological polar surface area (TPSA) is 126 Å². The molecular formula is CH2Na2O6P2-2. The first kappa shape index (κ1) is 19.0. The van der Waals surface area contributed by atoms with E-state index in [2.05, 4.69) is 0 Å². The van der Waals surface area contributed by atoms with Crippen LogP contribution in [0, 0.1) is 0 Å². The van der Waals surface area contributed by atoms with Crippen LogP contribution in [0.5, 0.6) is 0 Å². The van der Waals surface area contributed by atoms with E-state index in [9.17, 15) is 28.7 Å². The molecule has 0 amide bonds. The van der Waals surface area contributed by atoms with Gasteiger partial charge in [-0.2, -0.15) is 0 Å². The molecule has 6 nitrogen and oxygen atoms in total. The second-order valence-electron chi connectivity index (χ2n) is 1.36. The summed E-state index contributed by atoms with van der Waals surface area (Å²) in [5.41, 5.74) is 0. The molecule has 56 valence electrons. The van der Waals surface area contributed by atoms with Crippen LogP contribution < -0.4 is 78.7 Å². The fourth-order valence-corrected chi connectivity index (χ4v) is 1.91. The first-order valence-corrected chi connectivity index (χ1v) is 5.18. The van der Waals surface area contributed by atoms with Crippen molar-refractivity contribution in [2.24, 2.45) is 0 Å². The Morgan fingerprint density at radius 3 is 1.00 bits per heavy atom. The predicted octanol–water partition coefficient (Wildman–Crippen LogP) is -9.22. The van der Waals surface area contributed by atoms with Gasteiger partial charge < -0.3 is 28.7 Å². The van der Waals surface area contributed by atoms with E-state index >= 15 is 0 Å². The van der Waals surface area contributed by atoms with Gasteiger partial charge in [-0.15, -0.1) is 0 Å². The SMILES string of the molecule is O=P([O-])([O-])CP(=O)([O-])[O-].[Na+].[Na+]. The first-order chi connectivity index (χ1) is 3.71. The van der Waals surface area contributed by atoms with Crippen molar-refractivity contribution in [1.29, 1.82) is 0 Å². The van der Waals surface area contributed by atoms with E-state index in [1.54, 1.807) is 0 Å². The molecule has 0 rings (SSSR count). The molecule has 0 aromatic rings. The largest absolute Gasteiger partial charge is 1.00 e. The van der Waals surface area contributed by atoms with Crippen LogP contribution in [0.25, 0.3) is 0 Å². The first-order valence-electron chi connectivity index (χ1n) is 1.73. The van der Waals surface area contributed by atoms with Gasteiger partial charge in [0.25, 0.3) is 0 Å². The molecule has 0 saturated carbocycles. The maximum Gasteiger partial charge on any atom is 1.00 e. The van der Waals surface area contributed by atoms with Gasteiger partial charge in [-0.3, -0.25) is 0 Å². The van der Waals surface area contributed by atoms with Gasteiger partial charge in [0.05, 0.1) is 0 Å². The number of rotatable bonds is 2. The van der Waals surface area contributed by atoms with Crippen LogP contribution in [-0.4, -0.2) is 5.90 Å². The molecule has 0 unspecified atom stereocenters. The van der Waals surface area contributed by atoms with Gasteiger partial charge in [0.2, 0.25) is 0 Å². The Bertz CT molecular complexity index is 159. The molecule has 0 aliphatic rings. The monoisotopic (exact) mass is 218 g/mol. The van der Waals surface area contributed by atoms with Crippen molar-refractivity contribution in [2.45, 2.75) is 0 Å². The summed E-state index contributed by atoms with van der Waals surface area (Å²) in [6.45, 7) is 0. The van der Waals surface area contributed by atoms with Crippen molar-refractivity contribution in [3.05, 3.63) is 0 Å². The third-order valence-electron chi connectivity index (χ3n) is 0.346. The van der Waals surface area contributed by atoms with E-state index in [1.807, 2.05) is 0 Å². The molecule has 0 aromatic heterocycles. The molecule has 0 fully saturated rings. The minimum absolute atomic E-state index is 0. The van der Waals surface area contributed by atoms with Crippen molar-refractivity contribution in [2.75, 3.05) is 5.90 Å². The smallest absolute Gasteiger partial charge is 0.810 e. The van der Waals surface area contributed by atoms with Crippen LogP contribution in [0.3, 0.4) is 0 Å². The zero-order chi connectivity index (χ0) is 7.71. The van der Waals surface area contributed by atoms with Gasteiger partial charge >= 0.3 is 59.1 Å². The molecule has 0 radical (unpaired) electrons. The van der Waals surface area contributed by atoms with E-state index in [0.29, 0.717) is 0 Å². The molecule has 0 bridgehead atoms. The van der Waals surface area contributed by atoms with Crippen LogP contribution in [0.4, 0.5) is 0 Å². The number of hydrogen-bond donors (Lipinski definition) is 0. The Kier molecular flexibility index (Phi) is 11.6. The maximum atomic E-state index is 9.55. The summed E-state index contributed by atoms with van der Waals surface area (Å²) in [4.78, 5) is 38.2. The average Bonchev–Trinajstić information content (AvgIpc) is 1.14. The molecule has 0 spiro atoms. The van der Waals surface area contributed by atoms with Gasteiger partial charge in [-0.05, 0) is 0 Å². The molecule has 10 heteroatoms. The maximum absolute atomic E-state index is 9.55. The molecule has 0 saturated heterocycles. The van der Waals surface area contributed by atoms with Gasteiger partial charge in [0.15, 0.2) is 0 Å². The van der Waals surface area contributed by atoms with E-state index in [1.165, 1.54) is 0 Å². The Morgan fingerprint density at radius 1 is 0.818 bits per heavy atom. The van der Waals surface area contributed by atoms with E-state index in [0.717, 1.165) is 0 Å². The zero-order valence-corrected chi connectivity index (χ0v) is 11.8. The second-order valence-corrected chi connectivity index (χ2v) is 4.94. The fraction of sp³-hybridized carbons (Fsp3) is 1.00. The molecule has 0 N–H and O–H groups in total. The van der Waals surface area contributed by atoms with E-state index in [4.69, 9.17) is 0 Å². The number of hydrogen-bond acceptors (Lipinski definition) is 6. The van der Waals surface area contributed by atoms with E-state index < -0.39 is 21.1 Å². The third-order valence-corrected chi connectivity index (χ3v) is 3.12. The van der Waals surface area contributed by atoms with Crippen LogP contribution >= 0.6 is 15.2 Å². The van der Waals surface area contributed by atoms with Crippen LogP contribution in [0.1, 0.15) is 0 Å². The predicted molar refractivity (Wildman–Crippen MR) is 20.1 cm³/mol. The molecule has 0 atom stereocenters. The van der Waals surface area contributed by atoms with E-state index in [-0.39, 0.29) is 59.1 Å². The van der Waals surface area contributed by atoms with Crippen molar-refractivity contribution < 1.29 is 87.8 Å². The van der Waals surface area contributed by atoms with Gasteiger partial charge in [0, 0.05) is 5.90 Å². The van der Waals surface area contributed by atoms with Crippen molar-refractivity contribution in [1.82, 2.24) is 0 Å². The molecule has 11 heavy (non-hydrogen) atoms. The minimum Gasteiger partial charge on any atom is -0.810 e. The van der Waals surface area contributed by atoms with Crippen LogP contribution in [-0.2, 0) is 9.13 Å². The average molecular weight is 218 g/mol. The molecule has 0 aliphatic carbocycles. The Balaban J connectivity index is -0.000000320. The van der Waals surface area contributed by atoms with Crippen molar-refractivity contribution in [3.8, 4) is 0 Å². The van der Waals surface area contributed by atoms with Gasteiger partial charge in [0.1, 0.15) is 0 Å². The summed E-state index contributed by atoms with van der Waals surface area (Å²) in [6.07, 6.45) is 0. The summed E-state index contributed by atoms with van der Waals surface area (Å²) in [6, 6.07) is 0. The van der Waals surface area contributed by atoms with Crippen LogP contribution in [0.2, 0.25) is 0 Å². The summed E-state index contributed by atoms with van der Waals surface area (Å²) in [5, 5.41) is 0. The second kappa shape index (κ2) is 6.71. The van der Waals surface area contributed by atoms with Crippen molar-refractivity contribution in [3.63, 3.8) is 0 Å². The summed E-state index contributed by atoms with van der Waals surface area (Å²) in [7, 11) is -10.4. The quantitative estimate of drug-likeness (QED) is 0.334. The Labute approximate surface area is 108 Å². The molecule has 0 aromatic carbocycles. The minimum atomic E-state index is -5.18. The molecule has 0 aliphatic heterocycles. The Morgan fingerprint density at radius 2 is 1.00 bits per heavy atom. The third kappa shape index (κ3) is 18.9.